The summed E-state index contributed by atoms with van der Waals surface area (Å²) in [6.45, 7) is 2.18. The molecule has 1 unspecified atom stereocenters. The Hall–Kier alpha value is -1.76. The van der Waals surface area contributed by atoms with Crippen LogP contribution in [0.5, 0.6) is 0 Å². The molecule has 0 aliphatic heterocycles. The Kier molecular flexibility index (Phi) is 2.46. The van der Waals surface area contributed by atoms with Gasteiger partial charge in [-0.05, 0) is 24.6 Å². The van der Waals surface area contributed by atoms with E-state index in [1.54, 1.807) is 0 Å². The predicted molar refractivity (Wildman–Crippen MR) is 64.3 cm³/mol. The largest absolute Gasteiger partial charge is 0.399 e. The fraction of sp³-hybridized carbons (Fsp3) is 0.143. The first-order valence-corrected chi connectivity index (χ1v) is 5.10. The number of allylic oxidation sites excluding steroid dienone is 5. The van der Waals surface area contributed by atoms with Crippen molar-refractivity contribution in [1.29, 1.82) is 0 Å². The molecule has 1 nitrogen and oxygen atoms in total. The van der Waals surface area contributed by atoms with Gasteiger partial charge in [0.15, 0.2) is 0 Å². The van der Waals surface area contributed by atoms with Crippen molar-refractivity contribution < 1.29 is 0 Å². The smallest absolute Gasteiger partial charge is 0.0311 e. The van der Waals surface area contributed by atoms with E-state index in [2.05, 4.69) is 43.3 Å². The van der Waals surface area contributed by atoms with Gasteiger partial charge in [-0.2, -0.15) is 0 Å². The van der Waals surface area contributed by atoms with Crippen LogP contribution in [-0.4, -0.2) is 0 Å². The van der Waals surface area contributed by atoms with Gasteiger partial charge in [-0.25, -0.2) is 0 Å². The van der Waals surface area contributed by atoms with E-state index in [-0.39, 0.29) is 5.41 Å². The van der Waals surface area contributed by atoms with Crippen molar-refractivity contribution in [3.05, 3.63) is 72.0 Å². The van der Waals surface area contributed by atoms with Crippen LogP contribution in [0.25, 0.3) is 0 Å². The van der Waals surface area contributed by atoms with Gasteiger partial charge in [0.2, 0.25) is 0 Å². The van der Waals surface area contributed by atoms with E-state index in [4.69, 9.17) is 5.73 Å². The third-order valence-corrected chi connectivity index (χ3v) is 2.75. The van der Waals surface area contributed by atoms with Crippen LogP contribution < -0.4 is 5.73 Å². The SMILES string of the molecule is CC1(c2ccccc2)C=CC=C(N)C=C1. The van der Waals surface area contributed by atoms with E-state index in [1.165, 1.54) is 5.56 Å². The van der Waals surface area contributed by atoms with Crippen LogP contribution in [0.3, 0.4) is 0 Å². The summed E-state index contributed by atoms with van der Waals surface area (Å²) in [5.41, 5.74) is 7.78. The molecule has 0 radical (unpaired) electrons. The normalized spacial score (nSPS) is 24.7. The number of hydrogen-bond acceptors (Lipinski definition) is 1. The first-order valence-electron chi connectivity index (χ1n) is 5.10. The molecular weight excluding hydrogens is 182 g/mol. The summed E-state index contributed by atoms with van der Waals surface area (Å²) in [6.07, 6.45) is 10.2. The van der Waals surface area contributed by atoms with Gasteiger partial charge in [0, 0.05) is 11.1 Å². The van der Waals surface area contributed by atoms with E-state index in [0.29, 0.717) is 0 Å². The molecule has 15 heavy (non-hydrogen) atoms. The van der Waals surface area contributed by atoms with Crippen LogP contribution in [0.1, 0.15) is 12.5 Å². The molecule has 2 rings (SSSR count). The van der Waals surface area contributed by atoms with E-state index >= 15 is 0 Å². The highest BCUT2D eigenvalue weighted by Gasteiger charge is 2.20. The van der Waals surface area contributed by atoms with Crippen molar-refractivity contribution in [3.63, 3.8) is 0 Å². The standard InChI is InChI=1S/C14H15N/c1-14(12-6-3-2-4-7-12)10-5-8-13(15)9-11-14/h2-11H,15H2,1H3. The van der Waals surface area contributed by atoms with Gasteiger partial charge in [-0.15, -0.1) is 0 Å². The molecule has 1 aliphatic rings. The van der Waals surface area contributed by atoms with E-state index in [9.17, 15) is 0 Å². The zero-order valence-electron chi connectivity index (χ0n) is 8.85. The topological polar surface area (TPSA) is 26.0 Å². The summed E-state index contributed by atoms with van der Waals surface area (Å²) in [7, 11) is 0. The molecule has 0 fully saturated rings. The van der Waals surface area contributed by atoms with E-state index < -0.39 is 0 Å². The first-order chi connectivity index (χ1) is 7.21. The fourth-order valence-corrected chi connectivity index (χ4v) is 1.73. The van der Waals surface area contributed by atoms with Crippen LogP contribution in [-0.2, 0) is 5.41 Å². The molecule has 0 saturated heterocycles. The molecule has 0 heterocycles. The van der Waals surface area contributed by atoms with Gasteiger partial charge in [-0.1, -0.05) is 48.6 Å². The third kappa shape index (κ3) is 2.01. The zero-order chi connectivity index (χ0) is 10.7. The molecule has 2 N–H and O–H groups in total. The highest BCUT2D eigenvalue weighted by Crippen LogP contribution is 2.28. The summed E-state index contributed by atoms with van der Waals surface area (Å²) >= 11 is 0. The maximum absolute atomic E-state index is 5.76. The van der Waals surface area contributed by atoms with Crippen LogP contribution >= 0.6 is 0 Å². The van der Waals surface area contributed by atoms with Gasteiger partial charge in [0.05, 0.1) is 0 Å². The van der Waals surface area contributed by atoms with Crippen molar-refractivity contribution in [2.75, 3.05) is 0 Å². The molecule has 1 heteroatoms. The second kappa shape index (κ2) is 3.77. The highest BCUT2D eigenvalue weighted by molar-refractivity contribution is 5.41. The number of hydrogen-bond donors (Lipinski definition) is 1. The molecule has 1 aromatic carbocycles. The summed E-state index contributed by atoms with van der Waals surface area (Å²) in [5, 5.41) is 0. The lowest BCUT2D eigenvalue weighted by Gasteiger charge is -2.21. The minimum atomic E-state index is -0.0567. The first kappa shape index (κ1) is 9.78. The molecule has 0 aromatic heterocycles. The average molecular weight is 197 g/mol. The lowest BCUT2D eigenvalue weighted by atomic mass is 9.82. The van der Waals surface area contributed by atoms with Gasteiger partial charge >= 0.3 is 0 Å². The van der Waals surface area contributed by atoms with Crippen LogP contribution in [0.15, 0.2) is 66.4 Å². The monoisotopic (exact) mass is 197 g/mol. The Balaban J connectivity index is 2.41. The zero-order valence-corrected chi connectivity index (χ0v) is 8.85. The number of rotatable bonds is 1. The molecule has 1 aromatic rings. The van der Waals surface area contributed by atoms with Crippen molar-refractivity contribution >= 4 is 0 Å². The number of nitrogens with two attached hydrogens (primary N) is 1. The van der Waals surface area contributed by atoms with Crippen LogP contribution in [0.2, 0.25) is 0 Å². The second-order valence-corrected chi connectivity index (χ2v) is 4.01. The quantitative estimate of drug-likeness (QED) is 0.736. The summed E-state index contributed by atoms with van der Waals surface area (Å²) in [4.78, 5) is 0. The lowest BCUT2D eigenvalue weighted by molar-refractivity contribution is 0.758. The molecule has 1 aliphatic carbocycles. The lowest BCUT2D eigenvalue weighted by Crippen LogP contribution is -2.15. The Bertz CT molecular complexity index is 426. The van der Waals surface area contributed by atoms with Crippen molar-refractivity contribution in [1.82, 2.24) is 0 Å². The fourth-order valence-electron chi connectivity index (χ4n) is 1.73. The second-order valence-electron chi connectivity index (χ2n) is 4.01. The maximum Gasteiger partial charge on any atom is 0.0311 e. The Labute approximate surface area is 90.6 Å². The molecule has 0 saturated carbocycles. The van der Waals surface area contributed by atoms with Gasteiger partial charge in [0.25, 0.3) is 0 Å². The van der Waals surface area contributed by atoms with E-state index in [0.717, 1.165) is 5.70 Å². The molecule has 1 atom stereocenters. The highest BCUT2D eigenvalue weighted by atomic mass is 14.6. The van der Waals surface area contributed by atoms with Crippen molar-refractivity contribution in [2.45, 2.75) is 12.3 Å². The molecule has 76 valence electrons. The molecule has 0 amide bonds. The number of benzene rings is 1. The Morgan fingerprint density at radius 3 is 2.53 bits per heavy atom. The minimum absolute atomic E-state index is 0.0567. The van der Waals surface area contributed by atoms with Crippen LogP contribution in [0.4, 0.5) is 0 Å². The van der Waals surface area contributed by atoms with E-state index in [1.807, 2.05) is 24.3 Å². The Morgan fingerprint density at radius 1 is 1.07 bits per heavy atom. The summed E-state index contributed by atoms with van der Waals surface area (Å²) in [5.74, 6) is 0. The summed E-state index contributed by atoms with van der Waals surface area (Å²) in [6, 6.07) is 10.4. The minimum Gasteiger partial charge on any atom is -0.399 e. The summed E-state index contributed by atoms with van der Waals surface area (Å²) < 4.78 is 0. The van der Waals surface area contributed by atoms with Crippen molar-refractivity contribution in [3.8, 4) is 0 Å². The molecule has 0 spiro atoms. The van der Waals surface area contributed by atoms with Crippen LogP contribution in [0, 0.1) is 0 Å². The molecule has 0 bridgehead atoms. The van der Waals surface area contributed by atoms with Gasteiger partial charge < -0.3 is 5.73 Å². The third-order valence-electron chi connectivity index (χ3n) is 2.75. The van der Waals surface area contributed by atoms with Crippen molar-refractivity contribution in [2.24, 2.45) is 5.73 Å². The Morgan fingerprint density at radius 2 is 1.80 bits per heavy atom. The van der Waals surface area contributed by atoms with Gasteiger partial charge in [0.1, 0.15) is 0 Å². The predicted octanol–water partition coefficient (Wildman–Crippen LogP) is 2.91. The molecular formula is C14H15N. The van der Waals surface area contributed by atoms with Gasteiger partial charge in [-0.3, -0.25) is 0 Å². The average Bonchev–Trinajstić information content (AvgIpc) is 2.44. The maximum atomic E-state index is 5.76.